The number of amides is 2. The van der Waals surface area contributed by atoms with Gasteiger partial charge in [-0.05, 0) is 56.3 Å². The van der Waals surface area contributed by atoms with Gasteiger partial charge in [0.2, 0.25) is 6.79 Å². The molecule has 0 atom stereocenters. The van der Waals surface area contributed by atoms with E-state index in [4.69, 9.17) is 9.47 Å². The summed E-state index contributed by atoms with van der Waals surface area (Å²) in [6, 6.07) is 11.0. The molecule has 1 saturated heterocycles. The fourth-order valence-corrected chi connectivity index (χ4v) is 4.49. The number of piperidine rings is 1. The van der Waals surface area contributed by atoms with Gasteiger partial charge in [-0.2, -0.15) is 0 Å². The Labute approximate surface area is 184 Å². The van der Waals surface area contributed by atoms with Gasteiger partial charge in [0.05, 0.1) is 5.69 Å². The van der Waals surface area contributed by atoms with Crippen LogP contribution in [-0.4, -0.2) is 40.8 Å². The number of ether oxygens (including phenoxy) is 2. The molecule has 160 valence electrons. The molecule has 0 aliphatic carbocycles. The number of rotatable bonds is 5. The Morgan fingerprint density at radius 2 is 1.84 bits per heavy atom. The minimum absolute atomic E-state index is 0.233. The van der Waals surface area contributed by atoms with Gasteiger partial charge < -0.3 is 9.47 Å². The summed E-state index contributed by atoms with van der Waals surface area (Å²) in [4.78, 5) is 23.9. The molecular formula is C22H23N5O3S. The molecule has 2 aromatic heterocycles. The fourth-order valence-electron chi connectivity index (χ4n) is 3.74. The summed E-state index contributed by atoms with van der Waals surface area (Å²) in [7, 11) is 0. The predicted molar refractivity (Wildman–Crippen MR) is 120 cm³/mol. The lowest BCUT2D eigenvalue weighted by molar-refractivity contribution is 0.174. The predicted octanol–water partition coefficient (Wildman–Crippen LogP) is 4.56. The summed E-state index contributed by atoms with van der Waals surface area (Å²) < 4.78 is 10.8. The highest BCUT2D eigenvalue weighted by Crippen LogP contribution is 2.37. The minimum Gasteiger partial charge on any atom is -0.454 e. The lowest BCUT2D eigenvalue weighted by Crippen LogP contribution is -2.29. The molecule has 1 fully saturated rings. The quantitative estimate of drug-likeness (QED) is 0.608. The number of likely N-dealkylation sites (tertiary alicyclic amines) is 1. The summed E-state index contributed by atoms with van der Waals surface area (Å²) in [5, 5.41) is 8.17. The van der Waals surface area contributed by atoms with Gasteiger partial charge in [-0.3, -0.25) is 15.5 Å². The molecule has 0 spiro atoms. The van der Waals surface area contributed by atoms with Crippen LogP contribution in [0.2, 0.25) is 0 Å². The van der Waals surface area contributed by atoms with E-state index in [1.807, 2.05) is 30.3 Å². The molecular weight excluding hydrogens is 414 g/mol. The zero-order valence-corrected chi connectivity index (χ0v) is 17.8. The third kappa shape index (κ3) is 4.78. The van der Waals surface area contributed by atoms with Crippen molar-refractivity contribution in [3.05, 3.63) is 47.5 Å². The van der Waals surface area contributed by atoms with Crippen molar-refractivity contribution < 1.29 is 14.3 Å². The molecule has 3 aromatic rings. The maximum atomic E-state index is 12.4. The molecule has 0 bridgehead atoms. The second kappa shape index (κ2) is 8.91. The van der Waals surface area contributed by atoms with Crippen LogP contribution in [0, 0.1) is 0 Å². The summed E-state index contributed by atoms with van der Waals surface area (Å²) in [5.41, 5.74) is 1.87. The number of hydrogen-bond donors (Lipinski definition) is 2. The number of fused-ring (bicyclic) bond motifs is 1. The van der Waals surface area contributed by atoms with E-state index in [0.29, 0.717) is 17.4 Å². The Hall–Kier alpha value is -3.17. The molecule has 31 heavy (non-hydrogen) atoms. The van der Waals surface area contributed by atoms with E-state index < -0.39 is 0 Å². The fraction of sp³-hybridized carbons (Fsp3) is 0.318. The minimum atomic E-state index is -0.370. The van der Waals surface area contributed by atoms with Gasteiger partial charge in [0.25, 0.3) is 0 Å². The van der Waals surface area contributed by atoms with E-state index in [1.54, 1.807) is 11.4 Å². The van der Waals surface area contributed by atoms with Gasteiger partial charge in [0.15, 0.2) is 11.5 Å². The van der Waals surface area contributed by atoms with Gasteiger partial charge in [0.1, 0.15) is 16.6 Å². The Kier molecular flexibility index (Phi) is 5.68. The number of hydrogen-bond acceptors (Lipinski definition) is 7. The van der Waals surface area contributed by atoms with Gasteiger partial charge in [-0.25, -0.2) is 14.8 Å². The molecule has 0 unspecified atom stereocenters. The normalized spacial score (nSPS) is 15.6. The van der Waals surface area contributed by atoms with Crippen molar-refractivity contribution >= 4 is 29.0 Å². The first-order valence-corrected chi connectivity index (χ1v) is 11.2. The highest BCUT2D eigenvalue weighted by molar-refractivity contribution is 7.13. The van der Waals surface area contributed by atoms with Crippen LogP contribution >= 0.6 is 11.3 Å². The number of urea groups is 1. The summed E-state index contributed by atoms with van der Waals surface area (Å²) in [6.45, 7) is 3.25. The van der Waals surface area contributed by atoms with Crippen LogP contribution in [0.4, 0.5) is 16.4 Å². The van der Waals surface area contributed by atoms with Crippen LogP contribution in [0.25, 0.3) is 10.6 Å². The van der Waals surface area contributed by atoms with Gasteiger partial charge in [0, 0.05) is 17.5 Å². The van der Waals surface area contributed by atoms with E-state index in [2.05, 4.69) is 25.5 Å². The summed E-state index contributed by atoms with van der Waals surface area (Å²) in [6.07, 6.45) is 3.78. The molecule has 1 aromatic carbocycles. The lowest BCUT2D eigenvalue weighted by Gasteiger charge is -2.26. The van der Waals surface area contributed by atoms with Crippen LogP contribution in [-0.2, 0) is 6.54 Å². The van der Waals surface area contributed by atoms with Crippen LogP contribution < -0.4 is 20.1 Å². The molecule has 2 amide bonds. The molecule has 0 saturated carbocycles. The van der Waals surface area contributed by atoms with Crippen molar-refractivity contribution in [1.29, 1.82) is 0 Å². The molecule has 8 nitrogen and oxygen atoms in total. The van der Waals surface area contributed by atoms with Crippen LogP contribution in [0.5, 0.6) is 11.5 Å². The van der Waals surface area contributed by atoms with E-state index >= 15 is 0 Å². The Morgan fingerprint density at radius 1 is 1.00 bits per heavy atom. The third-order valence-corrected chi connectivity index (χ3v) is 6.14. The van der Waals surface area contributed by atoms with Gasteiger partial charge in [-0.1, -0.05) is 12.5 Å². The average Bonchev–Trinajstić information content (AvgIpc) is 3.43. The van der Waals surface area contributed by atoms with Crippen molar-refractivity contribution in [2.24, 2.45) is 0 Å². The number of nitrogens with one attached hydrogen (secondary N) is 2. The number of thiazole rings is 1. The van der Waals surface area contributed by atoms with Crippen LogP contribution in [0.1, 0.15) is 25.0 Å². The number of carbonyl (C=O) groups excluding carboxylic acids is 1. The molecule has 4 heterocycles. The van der Waals surface area contributed by atoms with E-state index in [9.17, 15) is 4.79 Å². The van der Waals surface area contributed by atoms with Crippen molar-refractivity contribution in [3.63, 3.8) is 0 Å². The van der Waals surface area contributed by atoms with E-state index in [0.717, 1.165) is 41.6 Å². The zero-order valence-electron chi connectivity index (χ0n) is 17.0. The highest BCUT2D eigenvalue weighted by atomic mass is 32.1. The Balaban J connectivity index is 1.20. The SMILES string of the molecule is O=C(Nc1cccc(CN2CCCCC2)n1)Nc1csc(-c2ccc3c(c2)OCO3)n1. The number of benzene rings is 1. The number of aromatic nitrogens is 2. The van der Waals surface area contributed by atoms with E-state index in [-0.39, 0.29) is 12.8 Å². The number of carbonyl (C=O) groups is 1. The maximum Gasteiger partial charge on any atom is 0.326 e. The number of anilines is 2. The number of pyridine rings is 1. The van der Waals surface area contributed by atoms with Crippen molar-refractivity contribution in [3.8, 4) is 22.1 Å². The standard InChI is InChI=1S/C22H23N5O3S/c28-22(25-19-6-4-5-16(23-19)12-27-9-2-1-3-10-27)26-20-13-31-21(24-20)15-7-8-17-18(11-15)30-14-29-17/h4-8,11,13H,1-3,9-10,12,14H2,(H2,23,25,26,28). The molecule has 9 heteroatoms. The smallest absolute Gasteiger partial charge is 0.326 e. The second-order valence-electron chi connectivity index (χ2n) is 7.54. The molecule has 2 aliphatic heterocycles. The summed E-state index contributed by atoms with van der Waals surface area (Å²) in [5.74, 6) is 2.45. The summed E-state index contributed by atoms with van der Waals surface area (Å²) >= 11 is 1.45. The van der Waals surface area contributed by atoms with Crippen LogP contribution in [0.15, 0.2) is 41.8 Å². The largest absolute Gasteiger partial charge is 0.454 e. The topological polar surface area (TPSA) is 88.6 Å². The van der Waals surface area contributed by atoms with Gasteiger partial charge in [-0.15, -0.1) is 11.3 Å². The van der Waals surface area contributed by atoms with Crippen molar-refractivity contribution in [2.45, 2.75) is 25.8 Å². The van der Waals surface area contributed by atoms with E-state index in [1.165, 1.54) is 30.6 Å². The van der Waals surface area contributed by atoms with Crippen molar-refractivity contribution in [2.75, 3.05) is 30.5 Å². The maximum absolute atomic E-state index is 12.4. The highest BCUT2D eigenvalue weighted by Gasteiger charge is 2.16. The monoisotopic (exact) mass is 437 g/mol. The Bertz CT molecular complexity index is 1080. The molecule has 2 aliphatic rings. The average molecular weight is 438 g/mol. The van der Waals surface area contributed by atoms with Gasteiger partial charge >= 0.3 is 6.03 Å². The van der Waals surface area contributed by atoms with Crippen molar-refractivity contribution in [1.82, 2.24) is 14.9 Å². The molecule has 5 rings (SSSR count). The first kappa shape index (κ1) is 19.8. The first-order valence-electron chi connectivity index (χ1n) is 10.3. The first-order chi connectivity index (χ1) is 15.2. The number of nitrogens with zero attached hydrogens (tertiary/aromatic N) is 3. The second-order valence-corrected chi connectivity index (χ2v) is 8.39. The Morgan fingerprint density at radius 3 is 2.74 bits per heavy atom. The third-order valence-electron chi connectivity index (χ3n) is 5.25. The lowest BCUT2D eigenvalue weighted by atomic mass is 10.1. The molecule has 0 radical (unpaired) electrons. The van der Waals surface area contributed by atoms with Crippen LogP contribution in [0.3, 0.4) is 0 Å². The zero-order chi connectivity index (χ0) is 21.0. The molecule has 2 N–H and O–H groups in total.